The number of nitrogens with zero attached hydrogens (tertiary/aromatic N) is 1. The molecule has 0 aliphatic carbocycles. The van der Waals surface area contributed by atoms with Gasteiger partial charge in [0.15, 0.2) is 0 Å². The number of aromatic nitrogens is 1. The van der Waals surface area contributed by atoms with Gasteiger partial charge in [0, 0.05) is 18.2 Å². The van der Waals surface area contributed by atoms with E-state index in [4.69, 9.17) is 4.74 Å². The van der Waals surface area contributed by atoms with Crippen LogP contribution in [0.1, 0.15) is 66.9 Å². The summed E-state index contributed by atoms with van der Waals surface area (Å²) in [5.41, 5.74) is 2.99. The van der Waals surface area contributed by atoms with Crippen LogP contribution in [0.15, 0.2) is 83.8 Å². The highest BCUT2D eigenvalue weighted by molar-refractivity contribution is 5.86. The first-order chi connectivity index (χ1) is 19.3. The SMILES string of the molecule is CCCCC(C(=O)N[C@@H](CC(=O)O)c1ccc2cc(OC)ccc2c1)n1cc(C)cc(Cc2ccccc2)c1=O. The molecule has 7 heteroatoms. The summed E-state index contributed by atoms with van der Waals surface area (Å²) in [6, 6.07) is 21.4. The molecule has 2 atom stereocenters. The smallest absolute Gasteiger partial charge is 0.305 e. The van der Waals surface area contributed by atoms with Gasteiger partial charge in [-0.05, 0) is 65.1 Å². The number of carbonyl (C=O) groups excluding carboxylic acids is 1. The van der Waals surface area contributed by atoms with Gasteiger partial charge in [0.05, 0.1) is 19.6 Å². The van der Waals surface area contributed by atoms with Crippen LogP contribution in [-0.2, 0) is 16.0 Å². The van der Waals surface area contributed by atoms with Gasteiger partial charge in [-0.15, -0.1) is 0 Å². The van der Waals surface area contributed by atoms with Crippen molar-refractivity contribution in [1.82, 2.24) is 9.88 Å². The van der Waals surface area contributed by atoms with E-state index in [9.17, 15) is 19.5 Å². The minimum Gasteiger partial charge on any atom is -0.497 e. The molecular weight excluding hydrogens is 504 g/mol. The molecule has 1 unspecified atom stereocenters. The number of unbranched alkanes of at least 4 members (excludes halogenated alkanes) is 1. The van der Waals surface area contributed by atoms with Crippen LogP contribution in [0, 0.1) is 6.92 Å². The maximum Gasteiger partial charge on any atom is 0.305 e. The molecule has 0 fully saturated rings. The van der Waals surface area contributed by atoms with Gasteiger partial charge in [-0.25, -0.2) is 0 Å². The van der Waals surface area contributed by atoms with Gasteiger partial charge in [0.25, 0.3) is 5.56 Å². The predicted molar refractivity (Wildman–Crippen MR) is 157 cm³/mol. The van der Waals surface area contributed by atoms with Crippen LogP contribution in [-0.4, -0.2) is 28.7 Å². The number of aliphatic carboxylic acids is 1. The Balaban J connectivity index is 1.67. The number of carbonyl (C=O) groups is 2. The van der Waals surface area contributed by atoms with Crippen LogP contribution in [0.2, 0.25) is 0 Å². The van der Waals surface area contributed by atoms with E-state index in [2.05, 4.69) is 5.32 Å². The molecule has 0 aliphatic rings. The van der Waals surface area contributed by atoms with Crippen LogP contribution < -0.4 is 15.6 Å². The second-order valence-corrected chi connectivity index (χ2v) is 10.2. The summed E-state index contributed by atoms with van der Waals surface area (Å²) in [5.74, 6) is -0.666. The van der Waals surface area contributed by atoms with Crippen LogP contribution in [0.4, 0.5) is 0 Å². The number of benzene rings is 3. The Kier molecular flexibility index (Phi) is 9.38. The zero-order valence-electron chi connectivity index (χ0n) is 23.2. The zero-order valence-corrected chi connectivity index (χ0v) is 23.2. The van der Waals surface area contributed by atoms with Gasteiger partial charge in [-0.1, -0.05) is 68.3 Å². The number of pyridine rings is 1. The monoisotopic (exact) mass is 540 g/mol. The molecule has 1 heterocycles. The highest BCUT2D eigenvalue weighted by atomic mass is 16.5. The van der Waals surface area contributed by atoms with Crippen molar-refractivity contribution in [3.8, 4) is 5.75 Å². The van der Waals surface area contributed by atoms with Gasteiger partial charge in [0.1, 0.15) is 11.8 Å². The van der Waals surface area contributed by atoms with Crippen molar-refractivity contribution in [1.29, 1.82) is 0 Å². The second kappa shape index (κ2) is 13.1. The van der Waals surface area contributed by atoms with Crippen LogP contribution in [0.5, 0.6) is 5.75 Å². The highest BCUT2D eigenvalue weighted by Crippen LogP contribution is 2.27. The molecule has 0 saturated carbocycles. The molecule has 4 aromatic rings. The summed E-state index contributed by atoms with van der Waals surface area (Å²) in [6.45, 7) is 3.95. The molecule has 7 nitrogen and oxygen atoms in total. The largest absolute Gasteiger partial charge is 0.497 e. The number of rotatable bonds is 12. The number of hydrogen-bond donors (Lipinski definition) is 2. The van der Waals surface area contributed by atoms with Gasteiger partial charge in [0.2, 0.25) is 5.91 Å². The summed E-state index contributed by atoms with van der Waals surface area (Å²) < 4.78 is 6.83. The molecule has 3 aromatic carbocycles. The van der Waals surface area contributed by atoms with Gasteiger partial charge >= 0.3 is 5.97 Å². The Bertz CT molecular complexity index is 1540. The summed E-state index contributed by atoms with van der Waals surface area (Å²) in [4.78, 5) is 39.3. The molecule has 1 aromatic heterocycles. The van der Waals surface area contributed by atoms with E-state index in [-0.39, 0.29) is 17.9 Å². The number of nitrogens with one attached hydrogen (secondary N) is 1. The second-order valence-electron chi connectivity index (χ2n) is 10.2. The van der Waals surface area contributed by atoms with Crippen LogP contribution in [0.25, 0.3) is 10.8 Å². The number of methoxy groups -OCH3 is 1. The Labute approximate surface area is 234 Å². The third kappa shape index (κ3) is 6.97. The van der Waals surface area contributed by atoms with Crippen LogP contribution >= 0.6 is 0 Å². The number of hydrogen-bond acceptors (Lipinski definition) is 4. The zero-order chi connectivity index (χ0) is 28.6. The molecule has 208 valence electrons. The fourth-order valence-corrected chi connectivity index (χ4v) is 5.07. The van der Waals surface area contributed by atoms with E-state index < -0.39 is 18.1 Å². The molecule has 0 saturated heterocycles. The maximum atomic E-state index is 13.8. The number of aryl methyl sites for hydroxylation is 1. The molecule has 4 rings (SSSR count). The lowest BCUT2D eigenvalue weighted by Gasteiger charge is -2.25. The molecule has 0 spiro atoms. The minimum atomic E-state index is -1.02. The Morgan fingerprint density at radius 3 is 2.42 bits per heavy atom. The number of ether oxygens (including phenoxy) is 1. The summed E-state index contributed by atoms with van der Waals surface area (Å²) >= 11 is 0. The van der Waals surface area contributed by atoms with Gasteiger partial charge in [-0.2, -0.15) is 0 Å². The lowest BCUT2D eigenvalue weighted by atomic mass is 9.98. The van der Waals surface area contributed by atoms with E-state index in [1.54, 1.807) is 13.3 Å². The van der Waals surface area contributed by atoms with Gasteiger partial charge < -0.3 is 19.7 Å². The van der Waals surface area contributed by atoms with Crippen molar-refractivity contribution < 1.29 is 19.4 Å². The maximum absolute atomic E-state index is 13.8. The lowest BCUT2D eigenvalue weighted by Crippen LogP contribution is -2.40. The summed E-state index contributed by atoms with van der Waals surface area (Å²) in [7, 11) is 1.60. The first-order valence-corrected chi connectivity index (χ1v) is 13.6. The quantitative estimate of drug-likeness (QED) is 0.231. The molecule has 0 radical (unpaired) electrons. The van der Waals surface area contributed by atoms with Crippen molar-refractivity contribution in [2.75, 3.05) is 7.11 Å². The van der Waals surface area contributed by atoms with Crippen molar-refractivity contribution in [3.05, 3.63) is 112 Å². The number of carboxylic acids is 1. The minimum absolute atomic E-state index is 0.208. The Morgan fingerprint density at radius 2 is 1.73 bits per heavy atom. The van der Waals surface area contributed by atoms with E-state index in [1.807, 2.05) is 86.6 Å². The van der Waals surface area contributed by atoms with E-state index in [0.717, 1.165) is 40.5 Å². The summed E-state index contributed by atoms with van der Waals surface area (Å²) in [6.07, 6.45) is 3.98. The summed E-state index contributed by atoms with van der Waals surface area (Å²) in [5, 5.41) is 14.5. The molecule has 0 bridgehead atoms. The average Bonchev–Trinajstić information content (AvgIpc) is 2.94. The lowest BCUT2D eigenvalue weighted by molar-refractivity contribution is -0.137. The molecule has 1 amide bonds. The molecule has 0 aliphatic heterocycles. The normalized spacial score (nSPS) is 12.6. The fourth-order valence-electron chi connectivity index (χ4n) is 5.07. The standard InChI is InChI=1S/C33H36N2O5/c1-4-5-11-30(35-21-22(2)16-27(33(35)39)17-23-9-7-6-8-10-23)32(38)34-29(20-31(36)37)26-13-12-25-19-28(40-3)15-14-24(25)18-26/h6-10,12-16,18-19,21,29-30H,4-5,11,17,20H2,1-3H3,(H,34,38)(H,36,37)/t29-,30?/m0/s1. The predicted octanol–water partition coefficient (Wildman–Crippen LogP) is 5.97. The van der Waals surface area contributed by atoms with Crippen molar-refractivity contribution in [2.45, 2.75) is 58.0 Å². The Morgan fingerprint density at radius 1 is 1.00 bits per heavy atom. The third-order valence-electron chi connectivity index (χ3n) is 7.13. The van der Waals surface area contributed by atoms with Crippen molar-refractivity contribution in [2.24, 2.45) is 0 Å². The van der Waals surface area contributed by atoms with E-state index in [1.165, 1.54) is 4.57 Å². The topological polar surface area (TPSA) is 97.6 Å². The first kappa shape index (κ1) is 28.6. The van der Waals surface area contributed by atoms with Crippen molar-refractivity contribution >= 4 is 22.6 Å². The number of carboxylic acid groups (broad SMARTS) is 1. The Hall–Kier alpha value is -4.39. The third-order valence-corrected chi connectivity index (χ3v) is 7.13. The average molecular weight is 541 g/mol. The molecular formula is C33H36N2O5. The van der Waals surface area contributed by atoms with E-state index in [0.29, 0.717) is 24.0 Å². The van der Waals surface area contributed by atoms with E-state index >= 15 is 0 Å². The molecule has 2 N–H and O–H groups in total. The fraction of sp³-hybridized carbons (Fsp3) is 0.303. The number of fused-ring (bicyclic) bond motifs is 1. The first-order valence-electron chi connectivity index (χ1n) is 13.6. The van der Waals surface area contributed by atoms with Crippen LogP contribution in [0.3, 0.4) is 0 Å². The highest BCUT2D eigenvalue weighted by Gasteiger charge is 2.26. The molecule has 40 heavy (non-hydrogen) atoms. The van der Waals surface area contributed by atoms with Crippen molar-refractivity contribution in [3.63, 3.8) is 0 Å². The van der Waals surface area contributed by atoms with Gasteiger partial charge in [-0.3, -0.25) is 14.4 Å². The number of amides is 1.